The maximum Gasteiger partial charge on any atom is 0.262 e. The van der Waals surface area contributed by atoms with Crippen molar-refractivity contribution < 1.29 is 9.53 Å². The minimum Gasteiger partial charge on any atom is -0.492 e. The second kappa shape index (κ2) is 8.78. The minimum absolute atomic E-state index is 0.0309. The van der Waals surface area contributed by atoms with Gasteiger partial charge in [0.1, 0.15) is 23.7 Å². The lowest BCUT2D eigenvalue weighted by Crippen LogP contribution is -2.34. The minimum atomic E-state index is -0.220. The molecule has 0 spiro atoms. The van der Waals surface area contributed by atoms with E-state index in [1.165, 1.54) is 28.6 Å². The summed E-state index contributed by atoms with van der Waals surface area (Å²) in [4.78, 5) is 31.8. The molecule has 1 amide bonds. The van der Waals surface area contributed by atoms with Crippen LogP contribution < -0.4 is 15.6 Å². The molecule has 0 saturated carbocycles. The summed E-state index contributed by atoms with van der Waals surface area (Å²) >= 11 is 1.63. The Morgan fingerprint density at radius 3 is 3.00 bits per heavy atom. The zero-order valence-corrected chi connectivity index (χ0v) is 17.4. The predicted molar refractivity (Wildman–Crippen MR) is 115 cm³/mol. The zero-order chi connectivity index (χ0) is 20.2. The highest BCUT2D eigenvalue weighted by molar-refractivity contribution is 7.18. The van der Waals surface area contributed by atoms with Crippen LogP contribution in [0.2, 0.25) is 0 Å². The van der Waals surface area contributed by atoms with E-state index in [-0.39, 0.29) is 18.0 Å². The first-order valence-electron chi connectivity index (χ1n) is 10.1. The molecular weight excluding hydrogens is 386 g/mol. The first-order chi connectivity index (χ1) is 14.1. The average molecular weight is 412 g/mol. The van der Waals surface area contributed by atoms with Crippen molar-refractivity contribution in [2.24, 2.45) is 0 Å². The molecule has 0 unspecified atom stereocenters. The van der Waals surface area contributed by atoms with Crippen LogP contribution in [0.5, 0.6) is 5.75 Å². The standard InChI is InChI=1S/C22H25N3O3S/c1-15-6-5-7-16(12-15)28-11-10-23-19(26)13-25-14-24-21-20(22(25)27)17-8-3-2-4-9-18(17)29-21/h5-7,12,14H,2-4,8-11,13H2,1H3,(H,23,26). The summed E-state index contributed by atoms with van der Waals surface area (Å²) < 4.78 is 7.05. The molecule has 29 heavy (non-hydrogen) atoms. The van der Waals surface area contributed by atoms with Crippen LogP contribution in [0.3, 0.4) is 0 Å². The Bertz CT molecular complexity index is 1090. The summed E-state index contributed by atoms with van der Waals surface area (Å²) in [7, 11) is 0. The van der Waals surface area contributed by atoms with Crippen molar-refractivity contribution in [1.29, 1.82) is 0 Å². The van der Waals surface area contributed by atoms with Crippen LogP contribution in [0.15, 0.2) is 35.4 Å². The van der Waals surface area contributed by atoms with E-state index < -0.39 is 0 Å². The molecule has 0 bridgehead atoms. The van der Waals surface area contributed by atoms with Crippen molar-refractivity contribution in [3.8, 4) is 5.75 Å². The van der Waals surface area contributed by atoms with Gasteiger partial charge in [-0.2, -0.15) is 0 Å². The highest BCUT2D eigenvalue weighted by atomic mass is 32.1. The number of fused-ring (bicyclic) bond motifs is 3. The Hall–Kier alpha value is -2.67. The number of aryl methyl sites for hydroxylation is 3. The van der Waals surface area contributed by atoms with Crippen molar-refractivity contribution in [1.82, 2.24) is 14.9 Å². The zero-order valence-electron chi connectivity index (χ0n) is 16.6. The fourth-order valence-corrected chi connectivity index (χ4v) is 4.97. The molecule has 3 aromatic rings. The summed E-state index contributed by atoms with van der Waals surface area (Å²) in [5.74, 6) is 0.561. The highest BCUT2D eigenvalue weighted by Crippen LogP contribution is 2.32. The molecule has 0 saturated heterocycles. The molecule has 4 rings (SSSR count). The van der Waals surface area contributed by atoms with E-state index in [0.29, 0.717) is 18.5 Å². The number of hydrogen-bond acceptors (Lipinski definition) is 5. The molecule has 1 N–H and O–H groups in total. The van der Waals surface area contributed by atoms with Crippen molar-refractivity contribution in [3.05, 3.63) is 57.0 Å². The highest BCUT2D eigenvalue weighted by Gasteiger charge is 2.19. The fraction of sp³-hybridized carbons (Fsp3) is 0.409. The largest absolute Gasteiger partial charge is 0.492 e. The van der Waals surface area contributed by atoms with Crippen LogP contribution in [-0.4, -0.2) is 28.6 Å². The van der Waals surface area contributed by atoms with Gasteiger partial charge >= 0.3 is 0 Å². The van der Waals surface area contributed by atoms with Crippen LogP contribution in [-0.2, 0) is 24.2 Å². The second-order valence-electron chi connectivity index (χ2n) is 7.44. The number of ether oxygens (including phenoxy) is 1. The Balaban J connectivity index is 1.38. The normalized spacial score (nSPS) is 13.7. The molecule has 0 atom stereocenters. The van der Waals surface area contributed by atoms with Gasteiger partial charge in [-0.25, -0.2) is 4.98 Å². The van der Waals surface area contributed by atoms with Gasteiger partial charge < -0.3 is 10.1 Å². The smallest absolute Gasteiger partial charge is 0.262 e. The van der Waals surface area contributed by atoms with Gasteiger partial charge in [0.2, 0.25) is 5.91 Å². The van der Waals surface area contributed by atoms with Crippen LogP contribution >= 0.6 is 11.3 Å². The maximum absolute atomic E-state index is 13.0. The van der Waals surface area contributed by atoms with E-state index in [2.05, 4.69) is 10.3 Å². The Labute approximate surface area is 173 Å². The number of amides is 1. The van der Waals surface area contributed by atoms with Gasteiger partial charge in [0, 0.05) is 4.88 Å². The molecule has 2 aromatic heterocycles. The molecule has 1 aromatic carbocycles. The van der Waals surface area contributed by atoms with Crippen LogP contribution in [0.1, 0.15) is 35.3 Å². The number of benzene rings is 1. The second-order valence-corrected chi connectivity index (χ2v) is 8.52. The Morgan fingerprint density at radius 1 is 1.28 bits per heavy atom. The summed E-state index contributed by atoms with van der Waals surface area (Å²) in [6.45, 7) is 2.73. The van der Waals surface area contributed by atoms with Crippen molar-refractivity contribution in [2.45, 2.75) is 45.6 Å². The van der Waals surface area contributed by atoms with Gasteiger partial charge in [-0.15, -0.1) is 11.3 Å². The lowest BCUT2D eigenvalue weighted by Gasteiger charge is -2.09. The monoisotopic (exact) mass is 411 g/mol. The SMILES string of the molecule is Cc1cccc(OCCNC(=O)Cn2cnc3sc4c(c3c2=O)CCCCC4)c1. The van der Waals surface area contributed by atoms with Gasteiger partial charge in [0.15, 0.2) is 0 Å². The van der Waals surface area contributed by atoms with Crippen LogP contribution in [0.25, 0.3) is 10.2 Å². The predicted octanol–water partition coefficient (Wildman–Crippen LogP) is 3.23. The number of nitrogens with zero attached hydrogens (tertiary/aromatic N) is 2. The topological polar surface area (TPSA) is 73.2 Å². The third kappa shape index (κ3) is 4.50. The van der Waals surface area contributed by atoms with Crippen molar-refractivity contribution in [3.63, 3.8) is 0 Å². The summed E-state index contributed by atoms with van der Waals surface area (Å²) in [6.07, 6.45) is 6.92. The van der Waals surface area contributed by atoms with E-state index in [1.54, 1.807) is 11.3 Å². The van der Waals surface area contributed by atoms with E-state index in [4.69, 9.17) is 4.74 Å². The number of carbonyl (C=O) groups excluding carboxylic acids is 1. The maximum atomic E-state index is 13.0. The molecule has 7 heteroatoms. The number of thiophene rings is 1. The van der Waals surface area contributed by atoms with Gasteiger partial charge in [-0.3, -0.25) is 14.2 Å². The lowest BCUT2D eigenvalue weighted by molar-refractivity contribution is -0.121. The summed E-state index contributed by atoms with van der Waals surface area (Å²) in [6, 6.07) is 7.78. The number of aromatic nitrogens is 2. The molecule has 0 radical (unpaired) electrons. The van der Waals surface area contributed by atoms with E-state index in [1.807, 2.05) is 31.2 Å². The van der Waals surface area contributed by atoms with Gasteiger partial charge in [-0.1, -0.05) is 18.6 Å². The van der Waals surface area contributed by atoms with Gasteiger partial charge in [0.05, 0.1) is 18.3 Å². The van der Waals surface area contributed by atoms with Crippen molar-refractivity contribution >= 4 is 27.5 Å². The van der Waals surface area contributed by atoms with Crippen LogP contribution in [0.4, 0.5) is 0 Å². The number of hydrogen-bond donors (Lipinski definition) is 1. The van der Waals surface area contributed by atoms with Crippen LogP contribution in [0, 0.1) is 6.92 Å². The average Bonchev–Trinajstić information content (AvgIpc) is 2.90. The third-order valence-electron chi connectivity index (χ3n) is 5.19. The Morgan fingerprint density at radius 2 is 2.14 bits per heavy atom. The Kier molecular flexibility index (Phi) is 5.94. The first-order valence-corrected chi connectivity index (χ1v) is 10.9. The molecule has 1 aliphatic carbocycles. The van der Waals surface area contributed by atoms with Crippen molar-refractivity contribution in [2.75, 3.05) is 13.2 Å². The summed E-state index contributed by atoms with van der Waals surface area (Å²) in [5, 5.41) is 3.52. The molecule has 152 valence electrons. The number of rotatable bonds is 6. The molecule has 0 aliphatic heterocycles. The first kappa shape index (κ1) is 19.6. The summed E-state index contributed by atoms with van der Waals surface area (Å²) in [5.41, 5.74) is 2.17. The van der Waals surface area contributed by atoms with E-state index in [9.17, 15) is 9.59 Å². The fourth-order valence-electron chi connectivity index (χ4n) is 3.75. The van der Waals surface area contributed by atoms with E-state index >= 15 is 0 Å². The molecule has 0 fully saturated rings. The number of carbonyl (C=O) groups is 1. The van der Waals surface area contributed by atoms with Gasteiger partial charge in [0.25, 0.3) is 5.56 Å². The molecule has 2 heterocycles. The lowest BCUT2D eigenvalue weighted by atomic mass is 10.1. The molecular formula is C22H25N3O3S. The third-order valence-corrected chi connectivity index (χ3v) is 6.39. The van der Waals surface area contributed by atoms with E-state index in [0.717, 1.165) is 41.0 Å². The van der Waals surface area contributed by atoms with Gasteiger partial charge in [-0.05, 0) is 55.9 Å². The molecule has 6 nitrogen and oxygen atoms in total. The molecule has 1 aliphatic rings. The number of nitrogens with one attached hydrogen (secondary N) is 1. The quantitative estimate of drug-likeness (QED) is 0.499.